The van der Waals surface area contributed by atoms with E-state index in [1.54, 1.807) is 6.07 Å². The minimum atomic E-state index is -1.28. The summed E-state index contributed by atoms with van der Waals surface area (Å²) in [5.41, 5.74) is 0.899. The molecule has 0 atom stereocenters. The molecule has 0 saturated heterocycles. The lowest BCUT2D eigenvalue weighted by Crippen LogP contribution is -2.28. The lowest BCUT2D eigenvalue weighted by atomic mass is 10.1. The maximum Gasteiger partial charge on any atom is 0.274 e. The van der Waals surface area contributed by atoms with Crippen LogP contribution < -0.4 is 10.7 Å². The fourth-order valence-electron chi connectivity index (χ4n) is 2.69. The highest BCUT2D eigenvalue weighted by molar-refractivity contribution is 6.15. The largest absolute Gasteiger partial charge is 0.545 e. The van der Waals surface area contributed by atoms with Gasteiger partial charge < -0.3 is 19.5 Å². The fraction of sp³-hybridized carbons (Fsp3) is 0.250. The van der Waals surface area contributed by atoms with Gasteiger partial charge in [-0.05, 0) is 12.0 Å². The molecule has 0 bridgehead atoms. The number of carbonyl (C=O) groups excluding carboxylic acids is 1. The first kappa shape index (κ1) is 13.4. The van der Waals surface area contributed by atoms with E-state index in [0.29, 0.717) is 17.4 Å². The van der Waals surface area contributed by atoms with Crippen LogP contribution in [0.15, 0.2) is 35.3 Å². The molecule has 2 aromatic heterocycles. The van der Waals surface area contributed by atoms with Crippen molar-refractivity contribution in [2.45, 2.75) is 20.4 Å². The van der Waals surface area contributed by atoms with Gasteiger partial charge in [0, 0.05) is 34.6 Å². The molecule has 0 aliphatic carbocycles. The maximum absolute atomic E-state index is 12.5. The predicted molar refractivity (Wildman–Crippen MR) is 79.2 cm³/mol. The Labute approximate surface area is 120 Å². The second-order valence-corrected chi connectivity index (χ2v) is 5.60. The van der Waals surface area contributed by atoms with E-state index in [-0.39, 0.29) is 17.0 Å². The quantitative estimate of drug-likeness (QED) is 0.791. The molecule has 0 saturated carbocycles. The standard InChI is InChI=1S/C16H16N2O3/c1-9(2)7-18-8-11(16(20)21)13-10-5-3-4-6-12(10)17-14(13)15(18)19/h3-6,8-9,17H,7H2,1-2H3,(H,20,21)/p-1. The van der Waals surface area contributed by atoms with Gasteiger partial charge in [-0.2, -0.15) is 0 Å². The number of aromatic amines is 1. The molecule has 1 aromatic carbocycles. The van der Waals surface area contributed by atoms with Gasteiger partial charge in [0.2, 0.25) is 0 Å². The van der Waals surface area contributed by atoms with Crippen molar-refractivity contribution in [1.29, 1.82) is 0 Å². The molecule has 0 radical (unpaired) electrons. The van der Waals surface area contributed by atoms with E-state index in [2.05, 4.69) is 4.98 Å². The first-order valence-electron chi connectivity index (χ1n) is 6.84. The Balaban J connectivity index is 2.47. The van der Waals surface area contributed by atoms with Gasteiger partial charge in [0.05, 0.1) is 5.97 Å². The summed E-state index contributed by atoms with van der Waals surface area (Å²) in [5.74, 6) is -1.04. The summed E-state index contributed by atoms with van der Waals surface area (Å²) in [6.45, 7) is 4.41. The van der Waals surface area contributed by atoms with Gasteiger partial charge in [0.1, 0.15) is 5.52 Å². The second kappa shape index (κ2) is 4.77. The summed E-state index contributed by atoms with van der Waals surface area (Å²) >= 11 is 0. The number of pyridine rings is 1. The number of fused-ring (bicyclic) bond motifs is 3. The van der Waals surface area contributed by atoms with Gasteiger partial charge in [0.15, 0.2) is 0 Å². The Morgan fingerprint density at radius 3 is 2.71 bits per heavy atom. The van der Waals surface area contributed by atoms with Crippen molar-refractivity contribution < 1.29 is 9.90 Å². The average molecular weight is 283 g/mol. The van der Waals surface area contributed by atoms with Crippen molar-refractivity contribution in [3.63, 3.8) is 0 Å². The van der Waals surface area contributed by atoms with Crippen LogP contribution in [-0.4, -0.2) is 15.5 Å². The smallest absolute Gasteiger partial charge is 0.274 e. The lowest BCUT2D eigenvalue weighted by Gasteiger charge is -2.12. The number of H-pyrrole nitrogens is 1. The molecule has 3 aromatic rings. The molecular weight excluding hydrogens is 268 g/mol. The summed E-state index contributed by atoms with van der Waals surface area (Å²) in [6, 6.07) is 7.27. The third-order valence-corrected chi connectivity index (χ3v) is 3.52. The zero-order valence-corrected chi connectivity index (χ0v) is 11.8. The molecule has 5 heteroatoms. The summed E-state index contributed by atoms with van der Waals surface area (Å²) < 4.78 is 1.44. The zero-order valence-electron chi connectivity index (χ0n) is 11.8. The van der Waals surface area contributed by atoms with Gasteiger partial charge in [-0.3, -0.25) is 4.79 Å². The molecule has 108 valence electrons. The third kappa shape index (κ3) is 2.11. The summed E-state index contributed by atoms with van der Waals surface area (Å²) in [6.07, 6.45) is 1.39. The molecule has 21 heavy (non-hydrogen) atoms. The number of carboxylic acids is 1. The number of nitrogens with one attached hydrogen (secondary N) is 1. The van der Waals surface area contributed by atoms with E-state index in [0.717, 1.165) is 10.9 Å². The second-order valence-electron chi connectivity index (χ2n) is 5.60. The molecule has 2 heterocycles. The number of hydrogen-bond acceptors (Lipinski definition) is 3. The Hall–Kier alpha value is -2.56. The van der Waals surface area contributed by atoms with Gasteiger partial charge in [-0.15, -0.1) is 0 Å². The van der Waals surface area contributed by atoms with Crippen LogP contribution in [-0.2, 0) is 6.54 Å². The van der Waals surface area contributed by atoms with Gasteiger partial charge in [-0.25, -0.2) is 0 Å². The maximum atomic E-state index is 12.5. The third-order valence-electron chi connectivity index (χ3n) is 3.52. The van der Waals surface area contributed by atoms with Gasteiger partial charge >= 0.3 is 0 Å². The molecule has 5 nitrogen and oxygen atoms in total. The van der Waals surface area contributed by atoms with E-state index >= 15 is 0 Å². The number of hydrogen-bond donors (Lipinski definition) is 1. The van der Waals surface area contributed by atoms with Crippen LogP contribution >= 0.6 is 0 Å². The van der Waals surface area contributed by atoms with E-state index in [1.807, 2.05) is 32.0 Å². The van der Waals surface area contributed by atoms with Crippen LogP contribution in [0, 0.1) is 5.92 Å². The molecule has 0 aliphatic rings. The average Bonchev–Trinajstić information content (AvgIpc) is 2.81. The van der Waals surface area contributed by atoms with Gasteiger partial charge in [0.25, 0.3) is 5.56 Å². The zero-order chi connectivity index (χ0) is 15.1. The van der Waals surface area contributed by atoms with Crippen LogP contribution in [0.5, 0.6) is 0 Å². The van der Waals surface area contributed by atoms with Crippen molar-refractivity contribution >= 4 is 27.8 Å². The number of nitrogens with zero attached hydrogens (tertiary/aromatic N) is 1. The monoisotopic (exact) mass is 283 g/mol. The molecule has 3 rings (SSSR count). The topological polar surface area (TPSA) is 77.9 Å². The van der Waals surface area contributed by atoms with Crippen molar-refractivity contribution in [2.75, 3.05) is 0 Å². The van der Waals surface area contributed by atoms with Crippen molar-refractivity contribution in [3.05, 3.63) is 46.4 Å². The highest BCUT2D eigenvalue weighted by Gasteiger charge is 2.15. The molecule has 1 N–H and O–H groups in total. The number of aromatic nitrogens is 2. The lowest BCUT2D eigenvalue weighted by molar-refractivity contribution is -0.254. The summed E-state index contributed by atoms with van der Waals surface area (Å²) in [5, 5.41) is 12.6. The molecule has 0 spiro atoms. The summed E-state index contributed by atoms with van der Waals surface area (Å²) in [7, 11) is 0. The van der Waals surface area contributed by atoms with Crippen LogP contribution in [0.4, 0.5) is 0 Å². The van der Waals surface area contributed by atoms with Crippen LogP contribution in [0.25, 0.3) is 21.8 Å². The Bertz CT molecular complexity index is 903. The van der Waals surface area contributed by atoms with Gasteiger partial charge in [-0.1, -0.05) is 32.0 Å². The molecular formula is C16H15N2O3-. The van der Waals surface area contributed by atoms with Crippen LogP contribution in [0.1, 0.15) is 24.2 Å². The summed E-state index contributed by atoms with van der Waals surface area (Å²) in [4.78, 5) is 27.0. The SMILES string of the molecule is CC(C)Cn1cc(C(=O)[O-])c2c([nH]c3ccccc32)c1=O. The number of aromatic carboxylic acids is 1. The number of carboxylic acid groups (broad SMARTS) is 1. The van der Waals surface area contributed by atoms with E-state index in [9.17, 15) is 14.7 Å². The van der Waals surface area contributed by atoms with E-state index in [1.165, 1.54) is 10.8 Å². The highest BCUT2D eigenvalue weighted by Crippen LogP contribution is 2.26. The molecule has 0 fully saturated rings. The number of carbonyl (C=O) groups is 1. The van der Waals surface area contributed by atoms with Crippen LogP contribution in [0.2, 0.25) is 0 Å². The molecule has 0 aliphatic heterocycles. The number of benzene rings is 1. The highest BCUT2D eigenvalue weighted by atomic mass is 16.4. The van der Waals surface area contributed by atoms with Crippen molar-refractivity contribution in [3.8, 4) is 0 Å². The minimum Gasteiger partial charge on any atom is -0.545 e. The van der Waals surface area contributed by atoms with Crippen LogP contribution in [0.3, 0.4) is 0 Å². The number of rotatable bonds is 3. The minimum absolute atomic E-state index is 0.0442. The Kier molecular flexibility index (Phi) is 3.05. The fourth-order valence-corrected chi connectivity index (χ4v) is 2.69. The first-order valence-corrected chi connectivity index (χ1v) is 6.84. The Morgan fingerprint density at radius 2 is 2.05 bits per heavy atom. The van der Waals surface area contributed by atoms with E-state index in [4.69, 9.17) is 0 Å². The Morgan fingerprint density at radius 1 is 1.33 bits per heavy atom. The van der Waals surface area contributed by atoms with Crippen molar-refractivity contribution in [2.24, 2.45) is 5.92 Å². The van der Waals surface area contributed by atoms with Crippen molar-refractivity contribution in [1.82, 2.24) is 9.55 Å². The normalized spacial score (nSPS) is 11.6. The first-order chi connectivity index (χ1) is 9.99. The van der Waals surface area contributed by atoms with E-state index < -0.39 is 5.97 Å². The predicted octanol–water partition coefficient (Wildman–Crippen LogP) is 1.50. The molecule has 0 unspecified atom stereocenters. The molecule has 0 amide bonds. The number of para-hydroxylation sites is 1.